The lowest BCUT2D eigenvalue weighted by Gasteiger charge is -2.46. The van der Waals surface area contributed by atoms with Gasteiger partial charge >= 0.3 is 6.18 Å². The predicted octanol–water partition coefficient (Wildman–Crippen LogP) is 3.67. The largest absolute Gasteiger partial charge is 0.468 e. The summed E-state index contributed by atoms with van der Waals surface area (Å²) in [6, 6.07) is 11.5. The molecule has 2 aromatic rings. The van der Waals surface area contributed by atoms with Crippen LogP contribution in [0.5, 0.6) is 5.75 Å². The highest BCUT2D eigenvalue weighted by atomic mass is 19.4. The number of piperidine rings is 1. The van der Waals surface area contributed by atoms with Gasteiger partial charge in [0.05, 0.1) is 5.56 Å². The van der Waals surface area contributed by atoms with E-state index in [0.29, 0.717) is 12.2 Å². The van der Waals surface area contributed by atoms with Crippen molar-refractivity contribution in [3.05, 3.63) is 59.7 Å². The van der Waals surface area contributed by atoms with Gasteiger partial charge < -0.3 is 15.4 Å². The van der Waals surface area contributed by atoms with Crippen molar-refractivity contribution in [3.63, 3.8) is 0 Å². The molecular weight excluding hydrogens is 373 g/mol. The molecule has 2 aliphatic rings. The zero-order chi connectivity index (χ0) is 20.1. The number of benzene rings is 2. The predicted molar refractivity (Wildman–Crippen MR) is 94.5 cm³/mol. The van der Waals surface area contributed by atoms with Crippen molar-refractivity contribution in [1.82, 2.24) is 5.32 Å². The van der Waals surface area contributed by atoms with Crippen molar-refractivity contribution < 1.29 is 27.5 Å². The maximum atomic E-state index is 12.9. The van der Waals surface area contributed by atoms with Crippen molar-refractivity contribution >= 4 is 17.5 Å². The zero-order valence-electron chi connectivity index (χ0n) is 14.8. The lowest BCUT2D eigenvalue weighted by molar-refractivity contribution is -0.145. The molecule has 1 saturated heterocycles. The van der Waals surface area contributed by atoms with Crippen LogP contribution in [0.3, 0.4) is 0 Å². The summed E-state index contributed by atoms with van der Waals surface area (Å²) in [5.74, 6) is -2.10. The molecule has 3 atom stereocenters. The number of para-hydroxylation sites is 1. The van der Waals surface area contributed by atoms with E-state index < -0.39 is 41.1 Å². The number of carbonyl (C=O) groups is 2. The highest BCUT2D eigenvalue weighted by Gasteiger charge is 2.51. The number of rotatable bonds is 2. The third kappa shape index (κ3) is 3.19. The van der Waals surface area contributed by atoms with Gasteiger partial charge in [-0.05, 0) is 36.8 Å². The van der Waals surface area contributed by atoms with Crippen LogP contribution in [0.2, 0.25) is 0 Å². The molecule has 2 heterocycles. The van der Waals surface area contributed by atoms with Crippen LogP contribution in [0.4, 0.5) is 18.9 Å². The highest BCUT2D eigenvalue weighted by Crippen LogP contribution is 2.46. The van der Waals surface area contributed by atoms with Gasteiger partial charge in [-0.2, -0.15) is 13.2 Å². The number of halogens is 3. The van der Waals surface area contributed by atoms with Gasteiger partial charge in [0, 0.05) is 18.0 Å². The van der Waals surface area contributed by atoms with Crippen molar-refractivity contribution in [2.24, 2.45) is 5.92 Å². The van der Waals surface area contributed by atoms with E-state index in [1.54, 1.807) is 31.2 Å². The Morgan fingerprint density at radius 3 is 2.71 bits per heavy atom. The first-order chi connectivity index (χ1) is 13.2. The first-order valence-corrected chi connectivity index (χ1v) is 8.74. The van der Waals surface area contributed by atoms with Gasteiger partial charge in [0.2, 0.25) is 11.8 Å². The summed E-state index contributed by atoms with van der Waals surface area (Å²) in [6.45, 7) is 1.73. The Labute approximate surface area is 158 Å². The Bertz CT molecular complexity index is 960. The Morgan fingerprint density at radius 1 is 1.21 bits per heavy atom. The van der Waals surface area contributed by atoms with Crippen molar-refractivity contribution in [2.75, 3.05) is 5.32 Å². The fraction of sp³-hybridized carbons (Fsp3) is 0.300. The van der Waals surface area contributed by atoms with Crippen LogP contribution >= 0.6 is 0 Å². The average molecular weight is 390 g/mol. The molecule has 146 valence electrons. The van der Waals surface area contributed by atoms with Crippen molar-refractivity contribution in [3.8, 4) is 5.75 Å². The van der Waals surface area contributed by atoms with E-state index in [9.17, 15) is 22.8 Å². The second-order valence-electron chi connectivity index (χ2n) is 7.22. The lowest BCUT2D eigenvalue weighted by atomic mass is 9.74. The molecule has 8 heteroatoms. The Balaban J connectivity index is 1.64. The van der Waals surface area contributed by atoms with Gasteiger partial charge in [0.1, 0.15) is 11.7 Å². The van der Waals surface area contributed by atoms with Gasteiger partial charge in [0.15, 0.2) is 5.72 Å². The van der Waals surface area contributed by atoms with E-state index >= 15 is 0 Å². The molecule has 2 amide bonds. The first-order valence-electron chi connectivity index (χ1n) is 8.74. The molecule has 0 aromatic heterocycles. The SMILES string of the molecule is CC12CC(c3ccccc3O1)C(C(=O)Nc1cccc(C(F)(F)F)c1)C(=O)N2. The minimum absolute atomic E-state index is 0.0127. The normalized spacial score (nSPS) is 25.9. The second-order valence-corrected chi connectivity index (χ2v) is 7.22. The number of carbonyl (C=O) groups excluding carboxylic acids is 2. The number of anilines is 1. The smallest absolute Gasteiger partial charge is 0.416 e. The summed E-state index contributed by atoms with van der Waals surface area (Å²) in [5, 5.41) is 5.18. The lowest BCUT2D eigenvalue weighted by Crippen LogP contribution is -2.62. The molecule has 5 nitrogen and oxygen atoms in total. The Kier molecular flexibility index (Phi) is 4.10. The molecule has 0 saturated carbocycles. The van der Waals surface area contributed by atoms with E-state index in [4.69, 9.17) is 4.74 Å². The number of ether oxygens (including phenoxy) is 1. The minimum Gasteiger partial charge on any atom is -0.468 e. The Hall–Kier alpha value is -3.03. The van der Waals surface area contributed by atoms with E-state index in [-0.39, 0.29) is 5.69 Å². The molecule has 4 rings (SSSR count). The topological polar surface area (TPSA) is 67.4 Å². The Morgan fingerprint density at radius 2 is 1.96 bits per heavy atom. The van der Waals surface area contributed by atoms with Gasteiger partial charge in [-0.15, -0.1) is 0 Å². The summed E-state index contributed by atoms with van der Waals surface area (Å²) in [7, 11) is 0. The van der Waals surface area contributed by atoms with Crippen LogP contribution in [0.15, 0.2) is 48.5 Å². The number of alkyl halides is 3. The van der Waals surface area contributed by atoms with Crippen molar-refractivity contribution in [1.29, 1.82) is 0 Å². The summed E-state index contributed by atoms with van der Waals surface area (Å²) in [6.07, 6.45) is -4.14. The molecule has 28 heavy (non-hydrogen) atoms. The molecule has 2 aromatic carbocycles. The van der Waals surface area contributed by atoms with Gasteiger partial charge in [-0.25, -0.2) is 0 Å². The van der Waals surface area contributed by atoms with Crippen LogP contribution in [-0.2, 0) is 15.8 Å². The summed E-state index contributed by atoms with van der Waals surface area (Å²) < 4.78 is 44.6. The summed E-state index contributed by atoms with van der Waals surface area (Å²) in [4.78, 5) is 25.5. The fourth-order valence-corrected chi connectivity index (χ4v) is 3.88. The molecule has 0 spiro atoms. The van der Waals surface area contributed by atoms with E-state index in [2.05, 4.69) is 10.6 Å². The molecule has 1 fully saturated rings. The number of nitrogens with one attached hydrogen (secondary N) is 2. The van der Waals surface area contributed by atoms with Crippen molar-refractivity contribution in [2.45, 2.75) is 31.2 Å². The molecule has 0 aliphatic carbocycles. The third-order valence-corrected chi connectivity index (χ3v) is 5.08. The number of hydrogen-bond acceptors (Lipinski definition) is 3. The monoisotopic (exact) mass is 390 g/mol. The van der Waals surface area contributed by atoms with Crippen LogP contribution in [-0.4, -0.2) is 17.5 Å². The van der Waals surface area contributed by atoms with E-state index in [0.717, 1.165) is 17.7 Å². The average Bonchev–Trinajstić information content (AvgIpc) is 2.60. The summed E-state index contributed by atoms with van der Waals surface area (Å²) in [5.41, 5.74) is -1.08. The van der Waals surface area contributed by atoms with Gasteiger partial charge in [0.25, 0.3) is 0 Å². The minimum atomic E-state index is -4.52. The van der Waals surface area contributed by atoms with Gasteiger partial charge in [-0.3, -0.25) is 9.59 Å². The highest BCUT2D eigenvalue weighted by molar-refractivity contribution is 6.08. The summed E-state index contributed by atoms with van der Waals surface area (Å²) >= 11 is 0. The van der Waals surface area contributed by atoms with Crippen LogP contribution in [0.25, 0.3) is 0 Å². The third-order valence-electron chi connectivity index (χ3n) is 5.08. The van der Waals surface area contributed by atoms with Crippen LogP contribution < -0.4 is 15.4 Å². The molecule has 3 unspecified atom stereocenters. The number of amides is 2. The molecule has 2 N–H and O–H groups in total. The molecular formula is C20H17F3N2O3. The fourth-order valence-electron chi connectivity index (χ4n) is 3.88. The molecule has 2 bridgehead atoms. The number of hydrogen-bond donors (Lipinski definition) is 2. The maximum Gasteiger partial charge on any atom is 0.416 e. The maximum absolute atomic E-state index is 12.9. The molecule has 0 radical (unpaired) electrons. The number of fused-ring (bicyclic) bond motifs is 4. The van der Waals surface area contributed by atoms with E-state index in [1.807, 2.05) is 0 Å². The first kappa shape index (κ1) is 18.3. The molecule has 2 aliphatic heterocycles. The zero-order valence-corrected chi connectivity index (χ0v) is 14.8. The van der Waals surface area contributed by atoms with E-state index in [1.165, 1.54) is 12.1 Å². The second kappa shape index (κ2) is 6.25. The van der Waals surface area contributed by atoms with Crippen LogP contribution in [0.1, 0.15) is 30.4 Å². The van der Waals surface area contributed by atoms with Gasteiger partial charge in [-0.1, -0.05) is 24.3 Å². The standard InChI is InChI=1S/C20H17F3N2O3/c1-19-10-14(13-7-2-3-8-15(13)28-19)16(18(27)25-19)17(26)24-12-6-4-5-11(9-12)20(21,22)23/h2-9,14,16H,10H2,1H3,(H,24,26)(H,25,27). The van der Waals surface area contributed by atoms with Crippen LogP contribution in [0, 0.1) is 5.92 Å². The quantitative estimate of drug-likeness (QED) is 0.769.